The van der Waals surface area contributed by atoms with Gasteiger partial charge < -0.3 is 15.4 Å². The van der Waals surface area contributed by atoms with Crippen LogP contribution in [0.4, 0.5) is 5.69 Å². The van der Waals surface area contributed by atoms with Crippen LogP contribution in [-0.2, 0) is 11.2 Å². The second-order valence-electron chi connectivity index (χ2n) is 5.06. The normalized spacial score (nSPS) is 17.3. The molecule has 1 aliphatic heterocycles. The Kier molecular flexibility index (Phi) is 4.80. The van der Waals surface area contributed by atoms with E-state index >= 15 is 0 Å². The topological polar surface area (TPSA) is 55.6 Å². The lowest BCUT2D eigenvalue weighted by atomic mass is 9.98. The molecule has 1 heterocycles. The van der Waals surface area contributed by atoms with Gasteiger partial charge >= 0.3 is 0 Å². The second kappa shape index (κ2) is 6.57. The van der Waals surface area contributed by atoms with Crippen LogP contribution in [0.1, 0.15) is 18.4 Å². The van der Waals surface area contributed by atoms with Gasteiger partial charge in [0.15, 0.2) is 0 Å². The Labute approximate surface area is 114 Å². The first-order chi connectivity index (χ1) is 9.22. The number of rotatable bonds is 5. The highest BCUT2D eigenvalue weighted by atomic mass is 16.5. The Balaban J connectivity index is 1.82. The monoisotopic (exact) mass is 261 g/mol. The zero-order valence-electron chi connectivity index (χ0n) is 11.4. The molecular formula is C15H21N2O2. The van der Waals surface area contributed by atoms with E-state index in [0.717, 1.165) is 44.6 Å². The summed E-state index contributed by atoms with van der Waals surface area (Å²) in [6.07, 6.45) is 4.96. The van der Waals surface area contributed by atoms with Crippen LogP contribution in [-0.4, -0.2) is 37.9 Å². The van der Waals surface area contributed by atoms with Crippen molar-refractivity contribution in [2.75, 3.05) is 32.5 Å². The van der Waals surface area contributed by atoms with Gasteiger partial charge in [-0.25, -0.2) is 0 Å². The number of carbonyl (C=O) groups excluding carboxylic acids is 1. The molecule has 1 aromatic carbocycles. The molecule has 1 saturated heterocycles. The summed E-state index contributed by atoms with van der Waals surface area (Å²) in [7, 11) is 1.62. The van der Waals surface area contributed by atoms with Gasteiger partial charge in [-0.3, -0.25) is 4.79 Å². The molecule has 4 heteroatoms. The molecule has 4 nitrogen and oxygen atoms in total. The number of piperidine rings is 1. The summed E-state index contributed by atoms with van der Waals surface area (Å²) in [6, 6.07) is 5.95. The summed E-state index contributed by atoms with van der Waals surface area (Å²) in [6.45, 7) is 2.99. The van der Waals surface area contributed by atoms with Gasteiger partial charge in [0.25, 0.3) is 0 Å². The third-order valence-corrected chi connectivity index (χ3v) is 3.77. The van der Waals surface area contributed by atoms with Gasteiger partial charge in [0, 0.05) is 12.5 Å². The lowest BCUT2D eigenvalue weighted by molar-refractivity contribution is 0.210. The van der Waals surface area contributed by atoms with Gasteiger partial charge in [-0.15, -0.1) is 0 Å². The van der Waals surface area contributed by atoms with Crippen molar-refractivity contribution in [1.29, 1.82) is 0 Å². The van der Waals surface area contributed by atoms with Crippen molar-refractivity contribution in [3.63, 3.8) is 0 Å². The molecule has 19 heavy (non-hydrogen) atoms. The summed E-state index contributed by atoms with van der Waals surface area (Å²) < 4.78 is 5.15. The van der Waals surface area contributed by atoms with Crippen molar-refractivity contribution < 1.29 is 9.53 Å². The van der Waals surface area contributed by atoms with E-state index in [4.69, 9.17) is 10.5 Å². The molecule has 1 aromatic rings. The lowest BCUT2D eigenvalue weighted by Crippen LogP contribution is -2.35. The van der Waals surface area contributed by atoms with E-state index < -0.39 is 0 Å². The largest absolute Gasteiger partial charge is 0.495 e. The van der Waals surface area contributed by atoms with Crippen LogP contribution >= 0.6 is 0 Å². The van der Waals surface area contributed by atoms with Gasteiger partial charge in [-0.2, -0.15) is 0 Å². The molecule has 0 unspecified atom stereocenters. The Morgan fingerprint density at radius 1 is 1.42 bits per heavy atom. The van der Waals surface area contributed by atoms with Crippen LogP contribution in [0.25, 0.3) is 0 Å². The minimum Gasteiger partial charge on any atom is -0.495 e. The smallest absolute Gasteiger partial charge is 0.201 e. The van der Waals surface area contributed by atoms with Crippen LogP contribution in [0.2, 0.25) is 0 Å². The molecule has 1 fully saturated rings. The SMILES string of the molecule is COc1ccc(CCN2CCC([C]=O)CC2)cc1N. The molecule has 0 saturated carbocycles. The van der Waals surface area contributed by atoms with Gasteiger partial charge in [0.05, 0.1) is 12.8 Å². The zero-order valence-corrected chi connectivity index (χ0v) is 11.4. The third kappa shape index (κ3) is 3.70. The van der Waals surface area contributed by atoms with E-state index in [2.05, 4.69) is 17.3 Å². The van der Waals surface area contributed by atoms with Gasteiger partial charge in [0.1, 0.15) is 5.75 Å². The molecular weight excluding hydrogens is 240 g/mol. The molecule has 0 spiro atoms. The first-order valence-corrected chi connectivity index (χ1v) is 6.75. The van der Waals surface area contributed by atoms with Gasteiger partial charge in [-0.05, 0) is 50.0 Å². The highest BCUT2D eigenvalue weighted by Crippen LogP contribution is 2.22. The molecule has 1 aliphatic rings. The number of nitrogens with two attached hydrogens (primary N) is 1. The number of nitrogen functional groups attached to an aromatic ring is 1. The van der Waals surface area contributed by atoms with Crippen molar-refractivity contribution in [1.82, 2.24) is 4.90 Å². The highest BCUT2D eigenvalue weighted by molar-refractivity contribution is 5.55. The second-order valence-corrected chi connectivity index (χ2v) is 5.06. The number of benzene rings is 1. The van der Waals surface area contributed by atoms with E-state index in [1.807, 2.05) is 12.1 Å². The number of hydrogen-bond acceptors (Lipinski definition) is 4. The quantitative estimate of drug-likeness (QED) is 0.819. The summed E-state index contributed by atoms with van der Waals surface area (Å²) in [5.74, 6) is 0.874. The van der Waals surface area contributed by atoms with Gasteiger partial charge in [0.2, 0.25) is 6.29 Å². The van der Waals surface area contributed by atoms with Crippen LogP contribution in [0.15, 0.2) is 18.2 Å². The number of methoxy groups -OCH3 is 1. The van der Waals surface area contributed by atoms with E-state index in [0.29, 0.717) is 5.69 Å². The Morgan fingerprint density at radius 3 is 2.74 bits per heavy atom. The fourth-order valence-electron chi connectivity index (χ4n) is 2.50. The molecule has 2 N–H and O–H groups in total. The molecule has 0 atom stereocenters. The summed E-state index contributed by atoms with van der Waals surface area (Å²) >= 11 is 0. The van der Waals surface area contributed by atoms with E-state index in [-0.39, 0.29) is 5.92 Å². The van der Waals surface area contributed by atoms with Gasteiger partial charge in [-0.1, -0.05) is 6.07 Å². The maximum absolute atomic E-state index is 10.6. The minimum atomic E-state index is 0.146. The van der Waals surface area contributed by atoms with Crippen LogP contribution < -0.4 is 10.5 Å². The van der Waals surface area contributed by atoms with Crippen molar-refractivity contribution in [2.45, 2.75) is 19.3 Å². The maximum atomic E-state index is 10.6. The zero-order chi connectivity index (χ0) is 13.7. The van der Waals surface area contributed by atoms with Crippen LogP contribution in [0.3, 0.4) is 0 Å². The van der Waals surface area contributed by atoms with Crippen LogP contribution in [0, 0.1) is 5.92 Å². The Hall–Kier alpha value is -1.55. The first kappa shape index (κ1) is 13.9. The van der Waals surface area contributed by atoms with Crippen molar-refractivity contribution >= 4 is 12.0 Å². The molecule has 0 amide bonds. The average Bonchev–Trinajstić information content (AvgIpc) is 2.46. The third-order valence-electron chi connectivity index (χ3n) is 3.77. The summed E-state index contributed by atoms with van der Waals surface area (Å²) in [5, 5.41) is 0. The number of anilines is 1. The molecule has 0 aromatic heterocycles. The fourth-order valence-corrected chi connectivity index (χ4v) is 2.50. The fraction of sp³-hybridized carbons (Fsp3) is 0.533. The standard InChI is InChI=1S/C15H21N2O2/c1-19-15-3-2-12(10-14(15)16)4-7-17-8-5-13(11-18)6-9-17/h2-3,10,13H,4-9,16H2,1H3. The summed E-state index contributed by atoms with van der Waals surface area (Å²) in [4.78, 5) is 13.0. The average molecular weight is 261 g/mol. The van der Waals surface area contributed by atoms with E-state index in [9.17, 15) is 4.79 Å². The number of ether oxygens (including phenoxy) is 1. The molecule has 1 radical (unpaired) electrons. The number of likely N-dealkylation sites (tertiary alicyclic amines) is 1. The summed E-state index contributed by atoms with van der Waals surface area (Å²) in [5.41, 5.74) is 7.81. The predicted molar refractivity (Wildman–Crippen MR) is 76.0 cm³/mol. The number of nitrogens with zero attached hydrogens (tertiary/aromatic N) is 1. The maximum Gasteiger partial charge on any atom is 0.201 e. The highest BCUT2D eigenvalue weighted by Gasteiger charge is 2.18. The van der Waals surface area contributed by atoms with Crippen molar-refractivity contribution in [3.05, 3.63) is 23.8 Å². The number of hydrogen-bond donors (Lipinski definition) is 1. The molecule has 0 bridgehead atoms. The van der Waals surface area contributed by atoms with Crippen molar-refractivity contribution in [2.24, 2.45) is 5.92 Å². The predicted octanol–water partition coefficient (Wildman–Crippen LogP) is 1.64. The Morgan fingerprint density at radius 2 is 2.16 bits per heavy atom. The Bertz CT molecular complexity index is 426. The molecule has 0 aliphatic carbocycles. The molecule has 103 valence electrons. The van der Waals surface area contributed by atoms with Crippen molar-refractivity contribution in [3.8, 4) is 5.75 Å². The van der Waals surface area contributed by atoms with E-state index in [1.54, 1.807) is 7.11 Å². The molecule has 2 rings (SSSR count). The first-order valence-electron chi connectivity index (χ1n) is 6.75. The van der Waals surface area contributed by atoms with Crippen LogP contribution in [0.5, 0.6) is 5.75 Å². The van der Waals surface area contributed by atoms with E-state index in [1.165, 1.54) is 5.56 Å². The lowest BCUT2D eigenvalue weighted by Gasteiger charge is -2.29. The minimum absolute atomic E-state index is 0.146.